The molecule has 0 heterocycles. The number of carbonyl (C=O) groups is 2. The van der Waals surface area contributed by atoms with E-state index in [4.69, 9.17) is 29.1 Å². The SMILES string of the molecule is CCC[CH2][SnH]([SH])[CH](S)COC(=O)CCCCCCCC(=O)OC[CH](S)[SnH]([SH])[CH2]CCC. The summed E-state index contributed by atoms with van der Waals surface area (Å²) in [7, 11) is 9.49. The fraction of sp³-hybridized carbons (Fsp3) is 0.905. The Bertz CT molecular complexity index is 435. The van der Waals surface area contributed by atoms with Crippen molar-refractivity contribution in [1.29, 1.82) is 0 Å². The second kappa shape index (κ2) is 22.4. The Hall–Kier alpha value is 1.94. The third kappa shape index (κ3) is 19.9. The molecule has 0 saturated carbocycles. The van der Waals surface area contributed by atoms with E-state index in [-0.39, 0.29) is 18.5 Å². The van der Waals surface area contributed by atoms with Gasteiger partial charge < -0.3 is 0 Å². The molecular formula is C21H44O4S4Sn2. The van der Waals surface area contributed by atoms with Crippen LogP contribution in [0.4, 0.5) is 0 Å². The molecular weight excluding hydrogens is 682 g/mol. The quantitative estimate of drug-likeness (QED) is 0.0590. The molecule has 0 N–H and O–H groups in total. The first-order valence-corrected chi connectivity index (χ1v) is 31.2. The van der Waals surface area contributed by atoms with Crippen LogP contribution in [0, 0.1) is 0 Å². The van der Waals surface area contributed by atoms with Gasteiger partial charge in [0.05, 0.1) is 0 Å². The summed E-state index contributed by atoms with van der Waals surface area (Å²) >= 11 is 5.34. The van der Waals surface area contributed by atoms with Gasteiger partial charge in [0.15, 0.2) is 0 Å². The first kappa shape index (κ1) is 32.9. The molecule has 0 spiro atoms. The molecule has 0 aliphatic carbocycles. The van der Waals surface area contributed by atoms with Crippen LogP contribution < -0.4 is 0 Å². The summed E-state index contributed by atoms with van der Waals surface area (Å²) in [5.41, 5.74) is 0. The van der Waals surface area contributed by atoms with Crippen molar-refractivity contribution in [3.05, 3.63) is 0 Å². The summed E-state index contributed by atoms with van der Waals surface area (Å²) in [5.74, 6) is -0.254. The molecule has 0 aromatic rings. The van der Waals surface area contributed by atoms with E-state index >= 15 is 0 Å². The Kier molecular flexibility index (Phi) is 23.8. The van der Waals surface area contributed by atoms with Gasteiger partial charge in [0.1, 0.15) is 0 Å². The van der Waals surface area contributed by atoms with Crippen molar-refractivity contribution in [1.82, 2.24) is 0 Å². The van der Waals surface area contributed by atoms with Crippen molar-refractivity contribution in [2.24, 2.45) is 0 Å². The number of hydrogen-bond donors (Lipinski definition) is 4. The molecule has 0 rings (SSSR count). The van der Waals surface area contributed by atoms with Crippen molar-refractivity contribution in [2.75, 3.05) is 13.2 Å². The summed E-state index contributed by atoms with van der Waals surface area (Å²) < 4.78 is 13.5. The standard InChI is InChI=1S/C13H22O4S2.2C4H9.2H2S.2Sn.2H/c14-12(16-8-10-18)6-4-2-1-3-5-7-13(15)17-9-11-19;2*1-3-4-2;;;;;;/h10-11,18-19H,1-9H2;2*1,3-4H2,2H3;2*1H2;;;;/q;;;;;2*+1;;/p-2. The zero-order valence-electron chi connectivity index (χ0n) is 19.3. The van der Waals surface area contributed by atoms with Crippen molar-refractivity contribution in [3.63, 3.8) is 0 Å². The number of unbranched alkanes of at least 4 members (excludes halogenated alkanes) is 6. The molecule has 0 aromatic heterocycles. The van der Waals surface area contributed by atoms with Gasteiger partial charge in [0.25, 0.3) is 0 Å². The van der Waals surface area contributed by atoms with Crippen molar-refractivity contribution in [3.8, 4) is 0 Å². The Balaban J connectivity index is 3.63. The minimum atomic E-state index is -1.91. The van der Waals surface area contributed by atoms with Gasteiger partial charge >= 0.3 is 226 Å². The number of rotatable bonds is 20. The molecule has 4 atom stereocenters. The van der Waals surface area contributed by atoms with E-state index in [1.54, 1.807) is 0 Å². The molecule has 0 aliphatic heterocycles. The van der Waals surface area contributed by atoms with Gasteiger partial charge in [-0.2, -0.15) is 0 Å². The Morgan fingerprint density at radius 3 is 1.39 bits per heavy atom. The number of thiol groups is 4. The monoisotopic (exact) mass is 728 g/mol. The Labute approximate surface area is 223 Å². The Morgan fingerprint density at radius 1 is 0.677 bits per heavy atom. The number of ether oxygens (including phenoxy) is 2. The molecule has 0 saturated heterocycles. The van der Waals surface area contributed by atoms with E-state index in [0.717, 1.165) is 32.1 Å². The predicted molar refractivity (Wildman–Crippen MR) is 151 cm³/mol. The second-order valence-corrected chi connectivity index (χ2v) is 36.0. The third-order valence-electron chi connectivity index (χ3n) is 5.19. The van der Waals surface area contributed by atoms with Crippen LogP contribution in [0.3, 0.4) is 0 Å². The van der Waals surface area contributed by atoms with Crippen LogP contribution in [0.5, 0.6) is 0 Å². The molecule has 184 valence electrons. The summed E-state index contributed by atoms with van der Waals surface area (Å²) in [6, 6.07) is 0. The van der Waals surface area contributed by atoms with E-state index < -0.39 is 36.8 Å². The third-order valence-corrected chi connectivity index (χ3v) is 33.6. The average molecular weight is 726 g/mol. The van der Waals surface area contributed by atoms with E-state index in [1.165, 1.54) is 34.6 Å². The first-order valence-electron chi connectivity index (χ1n) is 11.8. The molecule has 10 heteroatoms. The van der Waals surface area contributed by atoms with Crippen LogP contribution in [0.25, 0.3) is 0 Å². The molecule has 0 radical (unpaired) electrons. The normalized spacial score (nSPS) is 15.2. The minimum absolute atomic E-state index is 0.127. The fourth-order valence-corrected chi connectivity index (χ4v) is 17.5. The van der Waals surface area contributed by atoms with Crippen LogP contribution >= 0.6 is 44.9 Å². The van der Waals surface area contributed by atoms with Gasteiger partial charge in [-0.25, -0.2) is 0 Å². The summed E-state index contributed by atoms with van der Waals surface area (Å²) in [6.07, 6.45) is 10.3. The van der Waals surface area contributed by atoms with Crippen molar-refractivity contribution < 1.29 is 19.1 Å². The second-order valence-electron chi connectivity index (χ2n) is 8.19. The molecule has 4 unspecified atom stereocenters. The van der Waals surface area contributed by atoms with E-state index in [9.17, 15) is 9.59 Å². The average Bonchev–Trinajstić information content (AvgIpc) is 2.76. The van der Waals surface area contributed by atoms with Crippen LogP contribution in [0.15, 0.2) is 0 Å². The molecule has 4 nitrogen and oxygen atoms in total. The van der Waals surface area contributed by atoms with Crippen LogP contribution in [0.1, 0.15) is 84.5 Å². The van der Waals surface area contributed by atoms with E-state index in [1.807, 2.05) is 0 Å². The van der Waals surface area contributed by atoms with Crippen molar-refractivity contribution in [2.45, 2.75) is 99.9 Å². The summed E-state index contributed by atoms with van der Waals surface area (Å²) in [5, 5.41) is 0. The van der Waals surface area contributed by atoms with Crippen LogP contribution in [0.2, 0.25) is 8.87 Å². The van der Waals surface area contributed by atoms with Gasteiger partial charge in [-0.05, 0) is 0 Å². The van der Waals surface area contributed by atoms with Crippen LogP contribution in [-0.4, -0.2) is 68.4 Å². The Morgan fingerprint density at radius 2 is 1.03 bits per heavy atom. The molecule has 0 aromatic carbocycles. The molecule has 0 bridgehead atoms. The van der Waals surface area contributed by atoms with Gasteiger partial charge in [-0.3, -0.25) is 0 Å². The molecule has 0 aliphatic rings. The van der Waals surface area contributed by atoms with E-state index in [2.05, 4.69) is 39.1 Å². The molecule has 31 heavy (non-hydrogen) atoms. The first-order chi connectivity index (χ1) is 14.8. The number of carbonyl (C=O) groups excluding carboxylic acids is 2. The maximum absolute atomic E-state index is 11.9. The number of esters is 2. The van der Waals surface area contributed by atoms with Crippen molar-refractivity contribution >= 4 is 93.6 Å². The van der Waals surface area contributed by atoms with Gasteiger partial charge in [-0.1, -0.05) is 0 Å². The maximum atomic E-state index is 11.9. The van der Waals surface area contributed by atoms with Gasteiger partial charge in [0.2, 0.25) is 0 Å². The molecule has 0 amide bonds. The van der Waals surface area contributed by atoms with Gasteiger partial charge in [-0.15, -0.1) is 0 Å². The fourth-order valence-electron chi connectivity index (χ4n) is 3.00. The summed E-state index contributed by atoms with van der Waals surface area (Å²) in [6.45, 7) is 5.20. The van der Waals surface area contributed by atoms with E-state index in [0.29, 0.717) is 26.1 Å². The predicted octanol–water partition coefficient (Wildman–Crippen LogP) is 5.39. The van der Waals surface area contributed by atoms with Crippen LogP contribution in [-0.2, 0) is 19.1 Å². The summed E-state index contributed by atoms with van der Waals surface area (Å²) in [4.78, 5) is 23.7. The zero-order chi connectivity index (χ0) is 23.5. The zero-order valence-corrected chi connectivity index (χ0v) is 29.5. The molecule has 0 fully saturated rings. The number of hydrogen-bond acceptors (Lipinski definition) is 8. The van der Waals surface area contributed by atoms with Gasteiger partial charge in [0, 0.05) is 0 Å². The topological polar surface area (TPSA) is 52.6 Å².